The molecule has 0 radical (unpaired) electrons. The molecule has 23 heavy (non-hydrogen) atoms. The van der Waals surface area contributed by atoms with E-state index < -0.39 is 11.9 Å². The lowest BCUT2D eigenvalue weighted by Gasteiger charge is -2.15. The first kappa shape index (κ1) is 15.8. The number of hydrogen-bond donors (Lipinski definition) is 1. The van der Waals surface area contributed by atoms with Crippen LogP contribution in [0.1, 0.15) is 27.6 Å². The van der Waals surface area contributed by atoms with Gasteiger partial charge in [0.15, 0.2) is 10.4 Å². The Hall–Kier alpha value is -2.08. The smallest absolute Gasteiger partial charge is 0.308 e. The number of likely N-dealkylation sites (tertiary alicyclic amines) is 1. The lowest BCUT2D eigenvalue weighted by atomic mass is 9.89. The molecule has 1 aromatic heterocycles. The first-order chi connectivity index (χ1) is 11.0. The van der Waals surface area contributed by atoms with Crippen LogP contribution in [0.4, 0.5) is 0 Å². The lowest BCUT2D eigenvalue weighted by molar-refractivity contribution is -0.141. The molecule has 0 unspecified atom stereocenters. The molecular weight excluding hydrogens is 362 g/mol. The van der Waals surface area contributed by atoms with Crippen LogP contribution in [0.15, 0.2) is 45.5 Å². The maximum atomic E-state index is 12.6. The van der Waals surface area contributed by atoms with Crippen LogP contribution in [0.5, 0.6) is 0 Å². The molecule has 2 aromatic rings. The van der Waals surface area contributed by atoms with Gasteiger partial charge in [-0.15, -0.1) is 0 Å². The number of carbonyl (C=O) groups is 2. The zero-order chi connectivity index (χ0) is 16.6. The van der Waals surface area contributed by atoms with Gasteiger partial charge in [0.1, 0.15) is 0 Å². The van der Waals surface area contributed by atoms with E-state index in [0.29, 0.717) is 11.2 Å². The number of hydrogen-bond acceptors (Lipinski definition) is 3. The van der Waals surface area contributed by atoms with Crippen molar-refractivity contribution in [1.82, 2.24) is 4.90 Å². The Morgan fingerprint density at radius 1 is 1.26 bits per heavy atom. The van der Waals surface area contributed by atoms with Gasteiger partial charge in [-0.3, -0.25) is 9.59 Å². The van der Waals surface area contributed by atoms with Crippen LogP contribution in [0.25, 0.3) is 0 Å². The molecule has 1 aliphatic heterocycles. The molecule has 0 bridgehead atoms. The molecule has 3 rings (SSSR count). The molecule has 6 heteroatoms. The van der Waals surface area contributed by atoms with Crippen molar-refractivity contribution < 1.29 is 19.1 Å². The number of aliphatic carboxylic acids is 1. The molecule has 1 fully saturated rings. The maximum Gasteiger partial charge on any atom is 0.308 e. The van der Waals surface area contributed by atoms with E-state index >= 15 is 0 Å². The van der Waals surface area contributed by atoms with Crippen molar-refractivity contribution in [2.45, 2.75) is 12.8 Å². The zero-order valence-electron chi connectivity index (χ0n) is 12.5. The van der Waals surface area contributed by atoms with Gasteiger partial charge < -0.3 is 14.4 Å². The van der Waals surface area contributed by atoms with Crippen LogP contribution in [0.3, 0.4) is 0 Å². The third kappa shape index (κ3) is 3.03. The van der Waals surface area contributed by atoms with Gasteiger partial charge in [-0.2, -0.15) is 0 Å². The monoisotopic (exact) mass is 377 g/mol. The van der Waals surface area contributed by atoms with E-state index in [4.69, 9.17) is 4.42 Å². The summed E-state index contributed by atoms with van der Waals surface area (Å²) >= 11 is 3.21. The molecule has 2 atom stereocenters. The van der Waals surface area contributed by atoms with Gasteiger partial charge >= 0.3 is 5.97 Å². The second-order valence-electron chi connectivity index (χ2n) is 5.73. The van der Waals surface area contributed by atoms with Crippen LogP contribution >= 0.6 is 15.9 Å². The Morgan fingerprint density at radius 3 is 2.52 bits per heavy atom. The molecule has 1 saturated heterocycles. The number of amides is 1. The number of halogens is 1. The number of rotatable bonds is 3. The predicted molar refractivity (Wildman–Crippen MR) is 87.4 cm³/mol. The molecule has 0 spiro atoms. The quantitative estimate of drug-likeness (QED) is 0.890. The summed E-state index contributed by atoms with van der Waals surface area (Å²) in [5.74, 6) is -1.71. The summed E-state index contributed by atoms with van der Waals surface area (Å²) in [5, 5.41) is 9.50. The molecule has 1 amide bonds. The fourth-order valence-corrected chi connectivity index (χ4v) is 3.56. The molecule has 0 saturated carbocycles. The highest BCUT2D eigenvalue weighted by molar-refractivity contribution is 9.10. The average Bonchev–Trinajstić information content (AvgIpc) is 3.11. The minimum absolute atomic E-state index is 0.186. The second kappa shape index (κ2) is 6.20. The number of carbonyl (C=O) groups excluding carboxylic acids is 1. The van der Waals surface area contributed by atoms with Gasteiger partial charge in [-0.1, -0.05) is 30.3 Å². The molecule has 120 valence electrons. The highest BCUT2D eigenvalue weighted by atomic mass is 79.9. The van der Waals surface area contributed by atoms with Crippen LogP contribution < -0.4 is 0 Å². The largest absolute Gasteiger partial charge is 0.481 e. The summed E-state index contributed by atoms with van der Waals surface area (Å²) in [6.45, 7) is 2.35. The van der Waals surface area contributed by atoms with Crippen molar-refractivity contribution in [2.75, 3.05) is 13.1 Å². The minimum atomic E-state index is -0.883. The maximum absolute atomic E-state index is 12.6. The summed E-state index contributed by atoms with van der Waals surface area (Å²) in [4.78, 5) is 25.8. The standard InChI is InChI=1S/C17H16BrNO4/c1-10-7-14(18)23-15(10)16(20)19-8-12(13(9-19)17(21)22)11-5-3-2-4-6-11/h2-7,12-13H,8-9H2,1H3,(H,21,22)/t12-,13-/m0/s1. The van der Waals surface area contributed by atoms with E-state index in [1.54, 1.807) is 17.9 Å². The van der Waals surface area contributed by atoms with E-state index in [-0.39, 0.29) is 24.1 Å². The Morgan fingerprint density at radius 2 is 1.96 bits per heavy atom. The highest BCUT2D eigenvalue weighted by Crippen LogP contribution is 2.34. The highest BCUT2D eigenvalue weighted by Gasteiger charge is 2.41. The number of furan rings is 1. The Labute approximate surface area is 142 Å². The van der Waals surface area contributed by atoms with Crippen molar-refractivity contribution in [1.29, 1.82) is 0 Å². The SMILES string of the molecule is Cc1cc(Br)oc1C(=O)N1C[C@H](C(=O)O)[C@H](c2ccccc2)C1. The average molecular weight is 378 g/mol. The van der Waals surface area contributed by atoms with E-state index in [1.807, 2.05) is 30.3 Å². The predicted octanol–water partition coefficient (Wildman–Crippen LogP) is 3.29. The van der Waals surface area contributed by atoms with E-state index in [9.17, 15) is 14.7 Å². The third-order valence-electron chi connectivity index (χ3n) is 4.23. The number of aryl methyl sites for hydroxylation is 1. The second-order valence-corrected chi connectivity index (χ2v) is 6.52. The molecule has 1 aliphatic rings. The van der Waals surface area contributed by atoms with Crippen LogP contribution in [-0.4, -0.2) is 35.0 Å². The van der Waals surface area contributed by atoms with Gasteiger partial charge in [0.25, 0.3) is 5.91 Å². The fraction of sp³-hybridized carbons (Fsp3) is 0.294. The van der Waals surface area contributed by atoms with Crippen molar-refractivity contribution in [3.8, 4) is 0 Å². The summed E-state index contributed by atoms with van der Waals surface area (Å²) in [6.07, 6.45) is 0. The fourth-order valence-electron chi connectivity index (χ4n) is 3.06. The van der Waals surface area contributed by atoms with Gasteiger partial charge in [-0.05, 0) is 34.5 Å². The Balaban J connectivity index is 1.87. The summed E-state index contributed by atoms with van der Waals surface area (Å²) < 4.78 is 5.90. The summed E-state index contributed by atoms with van der Waals surface area (Å²) in [5.41, 5.74) is 1.67. The topological polar surface area (TPSA) is 70.8 Å². The van der Waals surface area contributed by atoms with E-state index in [0.717, 1.165) is 11.1 Å². The Bertz CT molecular complexity index is 740. The van der Waals surface area contributed by atoms with Crippen molar-refractivity contribution >= 4 is 27.8 Å². The van der Waals surface area contributed by atoms with E-state index in [1.165, 1.54) is 0 Å². The van der Waals surface area contributed by atoms with Gasteiger partial charge in [0.2, 0.25) is 0 Å². The van der Waals surface area contributed by atoms with Crippen LogP contribution in [-0.2, 0) is 4.79 Å². The molecule has 0 aliphatic carbocycles. The number of carboxylic acids is 1. The lowest BCUT2D eigenvalue weighted by Crippen LogP contribution is -2.30. The molecule has 5 nitrogen and oxygen atoms in total. The number of carboxylic acid groups (broad SMARTS) is 1. The number of nitrogens with zero attached hydrogens (tertiary/aromatic N) is 1. The van der Waals surface area contributed by atoms with Crippen molar-refractivity contribution in [3.05, 3.63) is 58.0 Å². The first-order valence-electron chi connectivity index (χ1n) is 7.30. The molecule has 1 aromatic carbocycles. The van der Waals surface area contributed by atoms with Crippen LogP contribution in [0, 0.1) is 12.8 Å². The van der Waals surface area contributed by atoms with E-state index in [2.05, 4.69) is 15.9 Å². The van der Waals surface area contributed by atoms with Crippen LogP contribution in [0.2, 0.25) is 0 Å². The van der Waals surface area contributed by atoms with Crippen molar-refractivity contribution in [2.24, 2.45) is 5.92 Å². The minimum Gasteiger partial charge on any atom is -0.481 e. The van der Waals surface area contributed by atoms with Gasteiger partial charge in [0, 0.05) is 24.6 Å². The van der Waals surface area contributed by atoms with Crippen molar-refractivity contribution in [3.63, 3.8) is 0 Å². The third-order valence-corrected chi connectivity index (χ3v) is 4.62. The normalized spacial score (nSPS) is 20.7. The Kier molecular flexibility index (Phi) is 4.26. The summed E-state index contributed by atoms with van der Waals surface area (Å²) in [7, 11) is 0. The number of benzene rings is 1. The summed E-state index contributed by atoms with van der Waals surface area (Å²) in [6, 6.07) is 11.2. The van der Waals surface area contributed by atoms with Gasteiger partial charge in [-0.25, -0.2) is 0 Å². The molecule has 1 N–H and O–H groups in total. The van der Waals surface area contributed by atoms with Gasteiger partial charge in [0.05, 0.1) is 5.92 Å². The zero-order valence-corrected chi connectivity index (χ0v) is 14.1. The molecular formula is C17H16BrNO4. The first-order valence-corrected chi connectivity index (χ1v) is 8.09. The molecule has 2 heterocycles.